The van der Waals surface area contributed by atoms with Crippen LogP contribution in [0, 0.1) is 13.8 Å². The van der Waals surface area contributed by atoms with Gasteiger partial charge in [0.25, 0.3) is 0 Å². The van der Waals surface area contributed by atoms with Crippen molar-refractivity contribution in [1.29, 1.82) is 0 Å². The van der Waals surface area contributed by atoms with Crippen LogP contribution >= 0.6 is 0 Å². The third-order valence-electron chi connectivity index (χ3n) is 2.89. The first-order valence-electron chi connectivity index (χ1n) is 6.09. The van der Waals surface area contributed by atoms with Crippen molar-refractivity contribution in [3.05, 3.63) is 53.6 Å². The SMILES string of the molecule is Cc1ccc(Oc2cccc(N(C)C)c2)c(C)c1. The van der Waals surface area contributed by atoms with E-state index in [1.54, 1.807) is 0 Å². The number of ether oxygens (including phenoxy) is 1. The van der Waals surface area contributed by atoms with E-state index in [0.29, 0.717) is 0 Å². The molecule has 0 spiro atoms. The molecule has 2 heteroatoms. The summed E-state index contributed by atoms with van der Waals surface area (Å²) in [6.45, 7) is 4.15. The highest BCUT2D eigenvalue weighted by molar-refractivity contribution is 5.50. The average molecular weight is 241 g/mol. The van der Waals surface area contributed by atoms with Crippen molar-refractivity contribution >= 4 is 5.69 Å². The predicted molar refractivity (Wildman–Crippen MR) is 76.8 cm³/mol. The van der Waals surface area contributed by atoms with Gasteiger partial charge in [-0.1, -0.05) is 23.8 Å². The van der Waals surface area contributed by atoms with Gasteiger partial charge in [0.2, 0.25) is 0 Å². The summed E-state index contributed by atoms with van der Waals surface area (Å²) in [6, 6.07) is 14.3. The molecule has 0 aliphatic carbocycles. The Hall–Kier alpha value is -1.96. The lowest BCUT2D eigenvalue weighted by molar-refractivity contribution is 0.479. The molecule has 0 heterocycles. The summed E-state index contributed by atoms with van der Waals surface area (Å²) in [5.74, 6) is 1.78. The molecule has 0 aromatic heterocycles. The molecule has 2 aromatic rings. The van der Waals surface area contributed by atoms with Crippen molar-refractivity contribution in [1.82, 2.24) is 0 Å². The Kier molecular flexibility index (Phi) is 3.56. The maximum absolute atomic E-state index is 5.93. The molecular formula is C16H19NO. The first-order chi connectivity index (χ1) is 8.56. The van der Waals surface area contributed by atoms with Crippen LogP contribution in [0.2, 0.25) is 0 Å². The molecule has 0 aliphatic rings. The van der Waals surface area contributed by atoms with Crippen LogP contribution in [0.15, 0.2) is 42.5 Å². The Bertz CT molecular complexity index is 547. The average Bonchev–Trinajstić information content (AvgIpc) is 2.33. The largest absolute Gasteiger partial charge is 0.457 e. The van der Waals surface area contributed by atoms with Crippen LogP contribution in [0.25, 0.3) is 0 Å². The molecule has 0 unspecified atom stereocenters. The molecule has 0 saturated carbocycles. The summed E-state index contributed by atoms with van der Waals surface area (Å²) in [7, 11) is 4.05. The molecule has 0 atom stereocenters. The molecule has 18 heavy (non-hydrogen) atoms. The van der Waals surface area contributed by atoms with E-state index in [4.69, 9.17) is 4.74 Å². The molecule has 94 valence electrons. The van der Waals surface area contributed by atoms with E-state index in [-0.39, 0.29) is 0 Å². The number of hydrogen-bond donors (Lipinski definition) is 0. The Morgan fingerprint density at radius 2 is 1.72 bits per heavy atom. The molecule has 2 nitrogen and oxygen atoms in total. The van der Waals surface area contributed by atoms with Crippen LogP contribution in [0.4, 0.5) is 5.69 Å². The van der Waals surface area contributed by atoms with Crippen molar-refractivity contribution in [3.8, 4) is 11.5 Å². The van der Waals surface area contributed by atoms with E-state index in [1.165, 1.54) is 5.56 Å². The highest BCUT2D eigenvalue weighted by Gasteiger charge is 2.03. The van der Waals surface area contributed by atoms with Crippen LogP contribution < -0.4 is 9.64 Å². The summed E-state index contributed by atoms with van der Waals surface area (Å²) in [5.41, 5.74) is 3.55. The number of anilines is 1. The number of aryl methyl sites for hydroxylation is 2. The number of nitrogens with zero attached hydrogens (tertiary/aromatic N) is 1. The Balaban J connectivity index is 2.25. The van der Waals surface area contributed by atoms with Gasteiger partial charge in [-0.2, -0.15) is 0 Å². The highest BCUT2D eigenvalue weighted by atomic mass is 16.5. The molecule has 0 bridgehead atoms. The lowest BCUT2D eigenvalue weighted by atomic mass is 10.1. The van der Waals surface area contributed by atoms with Crippen LogP contribution in [0.1, 0.15) is 11.1 Å². The van der Waals surface area contributed by atoms with E-state index < -0.39 is 0 Å². The predicted octanol–water partition coefficient (Wildman–Crippen LogP) is 4.16. The molecule has 0 fully saturated rings. The fourth-order valence-electron chi connectivity index (χ4n) is 1.87. The van der Waals surface area contributed by atoms with Gasteiger partial charge >= 0.3 is 0 Å². The Morgan fingerprint density at radius 1 is 0.944 bits per heavy atom. The third kappa shape index (κ3) is 2.83. The standard InChI is InChI=1S/C16H19NO/c1-12-8-9-16(13(2)10-12)18-15-7-5-6-14(11-15)17(3)4/h5-11H,1-4H3. The third-order valence-corrected chi connectivity index (χ3v) is 2.89. The van der Waals surface area contributed by atoms with Gasteiger partial charge in [0.05, 0.1) is 0 Å². The molecule has 0 aliphatic heterocycles. The maximum atomic E-state index is 5.93. The van der Waals surface area contributed by atoms with Crippen molar-refractivity contribution < 1.29 is 4.74 Å². The summed E-state index contributed by atoms with van der Waals surface area (Å²) in [5, 5.41) is 0. The summed E-state index contributed by atoms with van der Waals surface area (Å²) < 4.78 is 5.93. The monoisotopic (exact) mass is 241 g/mol. The summed E-state index contributed by atoms with van der Waals surface area (Å²) in [6.07, 6.45) is 0. The molecule has 2 rings (SSSR count). The van der Waals surface area contributed by atoms with E-state index in [2.05, 4.69) is 36.9 Å². The molecule has 2 aromatic carbocycles. The van der Waals surface area contributed by atoms with Gasteiger partial charge in [-0.3, -0.25) is 0 Å². The fourth-order valence-corrected chi connectivity index (χ4v) is 1.87. The summed E-state index contributed by atoms with van der Waals surface area (Å²) >= 11 is 0. The van der Waals surface area contributed by atoms with Gasteiger partial charge < -0.3 is 9.64 Å². The van der Waals surface area contributed by atoms with Crippen molar-refractivity contribution in [2.75, 3.05) is 19.0 Å². The second kappa shape index (κ2) is 5.13. The second-order valence-electron chi connectivity index (χ2n) is 4.76. The van der Waals surface area contributed by atoms with Crippen LogP contribution in [-0.2, 0) is 0 Å². The van der Waals surface area contributed by atoms with Gasteiger partial charge in [-0.05, 0) is 37.6 Å². The van der Waals surface area contributed by atoms with Crippen LogP contribution in [0.5, 0.6) is 11.5 Å². The lowest BCUT2D eigenvalue weighted by Crippen LogP contribution is -2.08. The molecule has 0 N–H and O–H groups in total. The number of rotatable bonds is 3. The zero-order chi connectivity index (χ0) is 13.1. The fraction of sp³-hybridized carbons (Fsp3) is 0.250. The molecule has 0 saturated heterocycles. The van der Waals surface area contributed by atoms with Crippen LogP contribution in [-0.4, -0.2) is 14.1 Å². The van der Waals surface area contributed by atoms with Crippen molar-refractivity contribution in [3.63, 3.8) is 0 Å². The lowest BCUT2D eigenvalue weighted by Gasteiger charge is -2.14. The van der Waals surface area contributed by atoms with Gasteiger partial charge in [-0.25, -0.2) is 0 Å². The normalized spacial score (nSPS) is 10.2. The van der Waals surface area contributed by atoms with E-state index in [9.17, 15) is 0 Å². The number of benzene rings is 2. The quantitative estimate of drug-likeness (QED) is 0.800. The highest BCUT2D eigenvalue weighted by Crippen LogP contribution is 2.27. The first-order valence-corrected chi connectivity index (χ1v) is 6.09. The minimum absolute atomic E-state index is 0.869. The minimum atomic E-state index is 0.869. The zero-order valence-electron chi connectivity index (χ0n) is 11.4. The summed E-state index contributed by atoms with van der Waals surface area (Å²) in [4.78, 5) is 2.06. The van der Waals surface area contributed by atoms with E-state index in [0.717, 1.165) is 22.7 Å². The van der Waals surface area contributed by atoms with Gasteiger partial charge in [0, 0.05) is 25.8 Å². The molecule has 0 radical (unpaired) electrons. The van der Waals surface area contributed by atoms with Gasteiger partial charge in [0.1, 0.15) is 11.5 Å². The topological polar surface area (TPSA) is 12.5 Å². The molecular weight excluding hydrogens is 222 g/mol. The van der Waals surface area contributed by atoms with Crippen molar-refractivity contribution in [2.45, 2.75) is 13.8 Å². The Morgan fingerprint density at radius 3 is 2.39 bits per heavy atom. The first kappa shape index (κ1) is 12.5. The van der Waals surface area contributed by atoms with Gasteiger partial charge in [0.15, 0.2) is 0 Å². The maximum Gasteiger partial charge on any atom is 0.130 e. The van der Waals surface area contributed by atoms with Crippen molar-refractivity contribution in [2.24, 2.45) is 0 Å². The Labute approximate surface area is 109 Å². The number of hydrogen-bond acceptors (Lipinski definition) is 2. The minimum Gasteiger partial charge on any atom is -0.457 e. The molecule has 0 amide bonds. The second-order valence-corrected chi connectivity index (χ2v) is 4.76. The zero-order valence-corrected chi connectivity index (χ0v) is 11.4. The van der Waals surface area contributed by atoms with E-state index >= 15 is 0 Å². The smallest absolute Gasteiger partial charge is 0.130 e. The van der Waals surface area contributed by atoms with E-state index in [1.807, 2.05) is 38.4 Å². The van der Waals surface area contributed by atoms with Gasteiger partial charge in [-0.15, -0.1) is 0 Å². The van der Waals surface area contributed by atoms with Crippen LogP contribution in [0.3, 0.4) is 0 Å².